The lowest BCUT2D eigenvalue weighted by Crippen LogP contribution is -2.05. The predicted molar refractivity (Wildman–Crippen MR) is 97.5 cm³/mol. The van der Waals surface area contributed by atoms with Crippen molar-refractivity contribution in [3.05, 3.63) is 86.5 Å². The molecule has 0 fully saturated rings. The first-order valence-corrected chi connectivity index (χ1v) is 8.13. The Morgan fingerprint density at radius 1 is 1.27 bits per heavy atom. The molecular formula is C20H14ClFO4. The predicted octanol–water partition coefficient (Wildman–Crippen LogP) is 4.65. The molecule has 0 N–H and O–H groups in total. The molecule has 3 aromatic rings. The number of carbonyl (C=O) groups excluding carboxylic acids is 1. The normalized spacial score (nSPS) is 11.2. The topological polar surface area (TPSA) is 56.5 Å². The monoisotopic (exact) mass is 372 g/mol. The number of hydrogen-bond donors (Lipinski definition) is 0. The third-order valence-corrected chi connectivity index (χ3v) is 4.15. The molecule has 0 amide bonds. The van der Waals surface area contributed by atoms with E-state index in [4.69, 9.17) is 20.8 Å². The van der Waals surface area contributed by atoms with Gasteiger partial charge < -0.3 is 9.15 Å². The Labute approximate surface area is 153 Å². The minimum absolute atomic E-state index is 0.117. The molecule has 132 valence electrons. The van der Waals surface area contributed by atoms with E-state index < -0.39 is 17.4 Å². The van der Waals surface area contributed by atoms with Gasteiger partial charge in [-0.2, -0.15) is 0 Å². The molecule has 6 heteroatoms. The summed E-state index contributed by atoms with van der Waals surface area (Å²) in [7, 11) is 0. The second kappa shape index (κ2) is 7.54. The molecule has 1 heterocycles. The lowest BCUT2D eigenvalue weighted by atomic mass is 10.1. The highest BCUT2D eigenvalue weighted by Crippen LogP contribution is 2.25. The van der Waals surface area contributed by atoms with Crippen LogP contribution >= 0.6 is 11.6 Å². The first-order valence-electron chi connectivity index (χ1n) is 7.75. The van der Waals surface area contributed by atoms with E-state index in [1.165, 1.54) is 30.4 Å². The van der Waals surface area contributed by atoms with E-state index in [0.717, 1.165) is 5.56 Å². The standard InChI is InChI=1S/C20H14ClFO4/c1-12-7-18-16(10-17(12)21)14(9-20(24)26-18)11-25-19(23)6-5-13-3-2-4-15(22)8-13/h2-10H,11H2,1H3/b6-5+. The van der Waals surface area contributed by atoms with Crippen LogP contribution < -0.4 is 5.63 Å². The van der Waals surface area contributed by atoms with Crippen molar-refractivity contribution in [3.8, 4) is 0 Å². The van der Waals surface area contributed by atoms with Gasteiger partial charge in [0.15, 0.2) is 0 Å². The molecule has 0 aliphatic heterocycles. The van der Waals surface area contributed by atoms with E-state index in [-0.39, 0.29) is 6.61 Å². The number of rotatable bonds is 4. The van der Waals surface area contributed by atoms with E-state index in [2.05, 4.69) is 0 Å². The van der Waals surface area contributed by atoms with Crippen LogP contribution in [0.25, 0.3) is 17.0 Å². The first-order chi connectivity index (χ1) is 12.4. The van der Waals surface area contributed by atoms with Gasteiger partial charge in [0.1, 0.15) is 18.0 Å². The summed E-state index contributed by atoms with van der Waals surface area (Å²) in [5, 5.41) is 1.12. The number of aryl methyl sites for hydroxylation is 1. The summed E-state index contributed by atoms with van der Waals surface area (Å²) in [5.74, 6) is -1.01. The highest BCUT2D eigenvalue weighted by molar-refractivity contribution is 6.32. The van der Waals surface area contributed by atoms with Crippen LogP contribution in [0.15, 0.2) is 57.8 Å². The fourth-order valence-corrected chi connectivity index (χ4v) is 2.60. The quantitative estimate of drug-likeness (QED) is 0.380. The maximum absolute atomic E-state index is 13.1. The summed E-state index contributed by atoms with van der Waals surface area (Å²) >= 11 is 6.12. The van der Waals surface area contributed by atoms with Crippen molar-refractivity contribution in [3.63, 3.8) is 0 Å². The summed E-state index contributed by atoms with van der Waals surface area (Å²) in [6, 6.07) is 10.4. The van der Waals surface area contributed by atoms with Crippen LogP contribution in [0.2, 0.25) is 5.02 Å². The van der Waals surface area contributed by atoms with Crippen LogP contribution in [-0.4, -0.2) is 5.97 Å². The zero-order valence-corrected chi connectivity index (χ0v) is 14.5. The lowest BCUT2D eigenvalue weighted by Gasteiger charge is -2.07. The minimum atomic E-state index is -0.617. The van der Waals surface area contributed by atoms with E-state index in [1.54, 1.807) is 31.2 Å². The molecule has 0 spiro atoms. The fraction of sp³-hybridized carbons (Fsp3) is 0.100. The molecule has 0 bridgehead atoms. The van der Waals surface area contributed by atoms with Gasteiger partial charge in [0.25, 0.3) is 0 Å². The number of halogens is 2. The van der Waals surface area contributed by atoms with Crippen LogP contribution in [0.3, 0.4) is 0 Å². The third-order valence-electron chi connectivity index (χ3n) is 3.74. The summed E-state index contributed by atoms with van der Waals surface area (Å²) in [6.45, 7) is 1.68. The summed E-state index contributed by atoms with van der Waals surface area (Å²) in [5.41, 5.74) is 1.64. The minimum Gasteiger partial charge on any atom is -0.458 e. The van der Waals surface area contributed by atoms with Gasteiger partial charge in [0.05, 0.1) is 0 Å². The zero-order chi connectivity index (χ0) is 18.7. The highest BCUT2D eigenvalue weighted by Gasteiger charge is 2.10. The number of carbonyl (C=O) groups is 1. The number of ether oxygens (including phenoxy) is 1. The SMILES string of the molecule is Cc1cc2oc(=O)cc(COC(=O)/C=C/c3cccc(F)c3)c2cc1Cl. The molecule has 0 saturated heterocycles. The molecule has 0 unspecified atom stereocenters. The van der Waals surface area contributed by atoms with Crippen molar-refractivity contribution in [2.75, 3.05) is 0 Å². The largest absolute Gasteiger partial charge is 0.458 e. The van der Waals surface area contributed by atoms with Crippen molar-refractivity contribution < 1.29 is 18.3 Å². The summed E-state index contributed by atoms with van der Waals surface area (Å²) < 4.78 is 23.4. The summed E-state index contributed by atoms with van der Waals surface area (Å²) in [6.07, 6.45) is 2.64. The summed E-state index contributed by atoms with van der Waals surface area (Å²) in [4.78, 5) is 23.6. The Kier molecular flexibility index (Phi) is 5.19. The van der Waals surface area contributed by atoms with Crippen LogP contribution in [-0.2, 0) is 16.1 Å². The number of esters is 1. The van der Waals surface area contributed by atoms with Crippen molar-refractivity contribution in [1.29, 1.82) is 0 Å². The smallest absolute Gasteiger partial charge is 0.336 e. The zero-order valence-electron chi connectivity index (χ0n) is 13.8. The van der Waals surface area contributed by atoms with Gasteiger partial charge in [-0.05, 0) is 48.4 Å². The molecule has 0 aliphatic rings. The average molecular weight is 373 g/mol. The van der Waals surface area contributed by atoms with Crippen LogP contribution in [0, 0.1) is 12.7 Å². The Morgan fingerprint density at radius 2 is 2.08 bits per heavy atom. The van der Waals surface area contributed by atoms with Gasteiger partial charge >= 0.3 is 11.6 Å². The Hall–Kier alpha value is -2.92. The van der Waals surface area contributed by atoms with Gasteiger partial charge in [-0.15, -0.1) is 0 Å². The lowest BCUT2D eigenvalue weighted by molar-refractivity contribution is -0.138. The molecular weight excluding hydrogens is 359 g/mol. The molecule has 0 radical (unpaired) electrons. The van der Waals surface area contributed by atoms with Gasteiger partial charge in [-0.3, -0.25) is 0 Å². The van der Waals surface area contributed by atoms with Crippen molar-refractivity contribution in [2.24, 2.45) is 0 Å². The number of hydrogen-bond acceptors (Lipinski definition) is 4. The molecule has 4 nitrogen and oxygen atoms in total. The second-order valence-corrected chi connectivity index (χ2v) is 6.09. The van der Waals surface area contributed by atoms with E-state index in [0.29, 0.717) is 27.1 Å². The molecule has 1 aromatic heterocycles. The van der Waals surface area contributed by atoms with Gasteiger partial charge in [0.2, 0.25) is 0 Å². The van der Waals surface area contributed by atoms with Gasteiger partial charge in [-0.1, -0.05) is 23.7 Å². The van der Waals surface area contributed by atoms with Crippen LogP contribution in [0.1, 0.15) is 16.7 Å². The Morgan fingerprint density at radius 3 is 2.85 bits per heavy atom. The molecule has 0 saturated carbocycles. The van der Waals surface area contributed by atoms with Crippen molar-refractivity contribution >= 4 is 34.6 Å². The van der Waals surface area contributed by atoms with E-state index >= 15 is 0 Å². The first kappa shape index (κ1) is 17.9. The van der Waals surface area contributed by atoms with Crippen LogP contribution in [0.4, 0.5) is 4.39 Å². The molecule has 2 aromatic carbocycles. The molecule has 0 aliphatic carbocycles. The van der Waals surface area contributed by atoms with Crippen molar-refractivity contribution in [1.82, 2.24) is 0 Å². The highest BCUT2D eigenvalue weighted by atomic mass is 35.5. The average Bonchev–Trinajstić information content (AvgIpc) is 2.59. The second-order valence-electron chi connectivity index (χ2n) is 5.68. The van der Waals surface area contributed by atoms with Crippen molar-refractivity contribution in [2.45, 2.75) is 13.5 Å². The molecule has 3 rings (SSSR count). The number of benzene rings is 2. The van der Waals surface area contributed by atoms with E-state index in [9.17, 15) is 14.0 Å². The Balaban J connectivity index is 1.78. The molecule has 0 atom stereocenters. The van der Waals surface area contributed by atoms with Gasteiger partial charge in [-0.25, -0.2) is 14.0 Å². The fourth-order valence-electron chi connectivity index (χ4n) is 2.44. The maximum atomic E-state index is 13.1. The van der Waals surface area contributed by atoms with Crippen LogP contribution in [0.5, 0.6) is 0 Å². The third kappa shape index (κ3) is 4.18. The molecule has 26 heavy (non-hydrogen) atoms. The van der Waals surface area contributed by atoms with E-state index in [1.807, 2.05) is 0 Å². The Bertz CT molecular complexity index is 1070. The maximum Gasteiger partial charge on any atom is 0.336 e. The number of fused-ring (bicyclic) bond motifs is 1. The van der Waals surface area contributed by atoms with Gasteiger partial charge in [0, 0.05) is 28.1 Å².